The van der Waals surface area contributed by atoms with Gasteiger partial charge in [0.25, 0.3) is 0 Å². The molecule has 4 N–H and O–H groups in total. The zero-order valence-corrected chi connectivity index (χ0v) is 22.9. The van der Waals surface area contributed by atoms with E-state index in [1.165, 1.54) is 0 Å². The molecule has 2 aromatic rings. The van der Waals surface area contributed by atoms with Crippen molar-refractivity contribution in [1.29, 1.82) is 0 Å². The van der Waals surface area contributed by atoms with Crippen molar-refractivity contribution in [3.05, 3.63) is 65.2 Å². The number of rotatable bonds is 12. The molecule has 0 fully saturated rings. The van der Waals surface area contributed by atoms with E-state index in [9.17, 15) is 14.4 Å². The minimum Gasteiger partial charge on any atom is -0.369 e. The summed E-state index contributed by atoms with van der Waals surface area (Å²) < 4.78 is 0. The van der Waals surface area contributed by atoms with E-state index in [1.807, 2.05) is 42.5 Å². The fourth-order valence-corrected chi connectivity index (χ4v) is 6.14. The molecule has 4 atom stereocenters. The molecule has 7 heteroatoms. The van der Waals surface area contributed by atoms with Gasteiger partial charge in [-0.2, -0.15) is 0 Å². The molecule has 2 aliphatic rings. The first-order chi connectivity index (χ1) is 18.3. The van der Waals surface area contributed by atoms with Gasteiger partial charge in [0.1, 0.15) is 6.04 Å². The van der Waals surface area contributed by atoms with Gasteiger partial charge in [-0.1, -0.05) is 75.7 Å². The third-order valence-corrected chi connectivity index (χ3v) is 7.95. The summed E-state index contributed by atoms with van der Waals surface area (Å²) >= 11 is 0. The van der Waals surface area contributed by atoms with Gasteiger partial charge in [0.15, 0.2) is 0 Å². The van der Waals surface area contributed by atoms with E-state index in [0.717, 1.165) is 48.1 Å². The quantitative estimate of drug-likeness (QED) is 0.398. The number of anilines is 1. The van der Waals surface area contributed by atoms with Crippen molar-refractivity contribution in [3.8, 4) is 0 Å². The van der Waals surface area contributed by atoms with Crippen LogP contribution in [0.1, 0.15) is 63.1 Å². The number of carbonyl (C=O) groups excluding carboxylic acids is 3. The monoisotopic (exact) mass is 518 g/mol. The number of carbonyl (C=O) groups is 3. The third-order valence-electron chi connectivity index (χ3n) is 7.95. The van der Waals surface area contributed by atoms with Gasteiger partial charge >= 0.3 is 0 Å². The minimum atomic E-state index is -0.574. The number of hydrogen-bond acceptors (Lipinski definition) is 4. The summed E-state index contributed by atoms with van der Waals surface area (Å²) in [6.45, 7) is 7.33. The lowest BCUT2D eigenvalue weighted by atomic mass is 9.82. The van der Waals surface area contributed by atoms with Crippen molar-refractivity contribution < 1.29 is 14.4 Å². The first-order valence-electron chi connectivity index (χ1n) is 14.1. The smallest absolute Gasteiger partial charge is 0.244 e. The zero-order valence-electron chi connectivity index (χ0n) is 22.9. The molecule has 7 nitrogen and oxygen atoms in total. The van der Waals surface area contributed by atoms with Crippen LogP contribution in [0.5, 0.6) is 0 Å². The number of hydrogen-bond donors (Lipinski definition) is 3. The Morgan fingerprint density at radius 1 is 1.08 bits per heavy atom. The Morgan fingerprint density at radius 2 is 1.82 bits per heavy atom. The fraction of sp³-hybridized carbons (Fsp3) is 0.516. The van der Waals surface area contributed by atoms with Crippen LogP contribution in [0.4, 0.5) is 5.69 Å². The van der Waals surface area contributed by atoms with Gasteiger partial charge in [0.2, 0.25) is 17.7 Å². The minimum absolute atomic E-state index is 0.0602. The topological polar surface area (TPSA) is 105 Å². The lowest BCUT2D eigenvalue weighted by molar-refractivity contribution is -0.127. The molecule has 4 rings (SSSR count). The molecule has 204 valence electrons. The number of amides is 3. The second-order valence-electron chi connectivity index (χ2n) is 11.2. The molecule has 0 aliphatic carbocycles. The molecular formula is C31H42N4O3. The Kier molecular flexibility index (Phi) is 9.21. The average molecular weight is 519 g/mol. The number of benzene rings is 2. The van der Waals surface area contributed by atoms with Gasteiger partial charge in [0, 0.05) is 18.9 Å². The van der Waals surface area contributed by atoms with Crippen LogP contribution in [0.15, 0.2) is 48.5 Å². The van der Waals surface area contributed by atoms with Crippen LogP contribution in [0, 0.1) is 17.8 Å². The van der Waals surface area contributed by atoms with Crippen LogP contribution in [0.3, 0.4) is 0 Å². The highest BCUT2D eigenvalue weighted by Gasteiger charge is 2.43. The largest absolute Gasteiger partial charge is 0.369 e. The second kappa shape index (κ2) is 12.6. The molecule has 0 saturated heterocycles. The van der Waals surface area contributed by atoms with Gasteiger partial charge in [-0.05, 0) is 60.8 Å². The highest BCUT2D eigenvalue weighted by atomic mass is 16.2. The molecule has 0 unspecified atom stereocenters. The summed E-state index contributed by atoms with van der Waals surface area (Å²) in [6, 6.07) is 14.9. The second-order valence-corrected chi connectivity index (χ2v) is 11.2. The molecule has 2 aliphatic heterocycles. The van der Waals surface area contributed by atoms with E-state index in [-0.39, 0.29) is 29.6 Å². The predicted molar refractivity (Wildman–Crippen MR) is 150 cm³/mol. The average Bonchev–Trinajstić information content (AvgIpc) is 3.23. The van der Waals surface area contributed by atoms with Gasteiger partial charge in [-0.3, -0.25) is 19.3 Å². The van der Waals surface area contributed by atoms with Crippen molar-refractivity contribution in [3.63, 3.8) is 0 Å². The summed E-state index contributed by atoms with van der Waals surface area (Å²) in [7, 11) is 0. The van der Waals surface area contributed by atoms with Crippen LogP contribution in [0.2, 0.25) is 0 Å². The van der Waals surface area contributed by atoms with Crippen LogP contribution >= 0.6 is 0 Å². The molecule has 0 bridgehead atoms. The summed E-state index contributed by atoms with van der Waals surface area (Å²) in [5, 5.41) is 6.57. The van der Waals surface area contributed by atoms with Gasteiger partial charge in [0.05, 0.1) is 11.7 Å². The Hall–Kier alpha value is -3.19. The number of primary amides is 1. The molecule has 0 spiro atoms. The van der Waals surface area contributed by atoms with Crippen LogP contribution in [-0.4, -0.2) is 36.3 Å². The maximum absolute atomic E-state index is 14.0. The first kappa shape index (κ1) is 27.8. The van der Waals surface area contributed by atoms with Crippen LogP contribution in [0.25, 0.3) is 0 Å². The van der Waals surface area contributed by atoms with E-state index >= 15 is 0 Å². The standard InChI is InChI=1S/C31H42N4O3/c1-4-9-25(29(32)36)24(16-20(2)3)19-33-26-15-14-22-12-8-13-23-17-27(35(28(22)23)31(26)38)30(37)34-18-21-10-6-5-7-11-21/h5-8,10-13,20,24-27,33H,4,9,14-19H2,1-3H3,(H2,32,36)(H,34,37)/t24-,25+,26+,27+/m1/s1. The molecule has 2 aromatic carbocycles. The van der Waals surface area contributed by atoms with E-state index in [4.69, 9.17) is 5.73 Å². The molecule has 2 heterocycles. The van der Waals surface area contributed by atoms with Crippen molar-refractivity contribution >= 4 is 23.4 Å². The maximum Gasteiger partial charge on any atom is 0.244 e. The summed E-state index contributed by atoms with van der Waals surface area (Å²) in [6.07, 6.45) is 4.41. The highest BCUT2D eigenvalue weighted by molar-refractivity contribution is 6.06. The van der Waals surface area contributed by atoms with Crippen molar-refractivity contribution in [1.82, 2.24) is 10.6 Å². The Bertz CT molecular complexity index is 1130. The molecule has 0 aromatic heterocycles. The van der Waals surface area contributed by atoms with Crippen LogP contribution in [-0.2, 0) is 33.8 Å². The number of nitrogens with zero attached hydrogens (tertiary/aromatic N) is 1. The fourth-order valence-electron chi connectivity index (χ4n) is 6.14. The lowest BCUT2D eigenvalue weighted by Crippen LogP contribution is -2.54. The summed E-state index contributed by atoms with van der Waals surface area (Å²) in [5.41, 5.74) is 9.88. The maximum atomic E-state index is 14.0. The summed E-state index contributed by atoms with van der Waals surface area (Å²) in [4.78, 5) is 41.5. The van der Waals surface area contributed by atoms with Crippen molar-refractivity contribution in [2.75, 3.05) is 11.4 Å². The molecule has 0 saturated carbocycles. The van der Waals surface area contributed by atoms with E-state index in [0.29, 0.717) is 31.8 Å². The number of nitrogens with one attached hydrogen (secondary N) is 2. The molecular weight excluding hydrogens is 476 g/mol. The van der Waals surface area contributed by atoms with Gasteiger partial charge in [-0.25, -0.2) is 0 Å². The predicted octanol–water partition coefficient (Wildman–Crippen LogP) is 3.73. The van der Waals surface area contributed by atoms with Gasteiger partial charge < -0.3 is 16.4 Å². The molecule has 0 radical (unpaired) electrons. The van der Waals surface area contributed by atoms with Crippen LogP contribution < -0.4 is 21.3 Å². The number of para-hydroxylation sites is 1. The van der Waals surface area contributed by atoms with E-state index in [1.54, 1.807) is 4.90 Å². The lowest BCUT2D eigenvalue weighted by Gasteiger charge is -2.31. The van der Waals surface area contributed by atoms with E-state index < -0.39 is 12.1 Å². The molecule has 3 amide bonds. The Morgan fingerprint density at radius 3 is 2.50 bits per heavy atom. The summed E-state index contributed by atoms with van der Waals surface area (Å²) in [5.74, 6) is -0.220. The van der Waals surface area contributed by atoms with E-state index in [2.05, 4.69) is 37.5 Å². The zero-order chi connectivity index (χ0) is 27.2. The Labute approximate surface area is 226 Å². The molecule has 38 heavy (non-hydrogen) atoms. The highest BCUT2D eigenvalue weighted by Crippen LogP contribution is 2.39. The Balaban J connectivity index is 1.52. The number of nitrogens with two attached hydrogens (primary N) is 1. The van der Waals surface area contributed by atoms with Crippen molar-refractivity contribution in [2.45, 2.75) is 77.9 Å². The third kappa shape index (κ3) is 6.26. The van der Waals surface area contributed by atoms with Gasteiger partial charge in [-0.15, -0.1) is 0 Å². The van der Waals surface area contributed by atoms with Crippen molar-refractivity contribution in [2.24, 2.45) is 23.5 Å². The SMILES string of the molecule is CCC[C@H](C(N)=O)[C@@H](CN[C@H]1CCc2cccc3c2N(C1=O)[C@H](C(=O)NCc1ccccc1)C3)CC(C)C. The normalized spacial score (nSPS) is 20.1. The first-order valence-corrected chi connectivity index (χ1v) is 14.1. The number of aryl methyl sites for hydroxylation is 1.